The Morgan fingerprint density at radius 2 is 1.95 bits per heavy atom. The van der Waals surface area contributed by atoms with E-state index in [1.165, 1.54) is 5.69 Å². The van der Waals surface area contributed by atoms with Gasteiger partial charge in [0.25, 0.3) is 0 Å². The van der Waals surface area contributed by atoms with Crippen LogP contribution in [0.5, 0.6) is 0 Å². The molecular weight excluding hydrogens is 264 g/mol. The molecule has 1 aromatic carbocycles. The minimum Gasteiger partial charge on any atom is -0.332 e. The third-order valence-corrected chi connectivity index (χ3v) is 4.48. The van der Waals surface area contributed by atoms with Crippen LogP contribution in [0.15, 0.2) is 42.9 Å². The lowest BCUT2D eigenvalue weighted by atomic mass is 10.1. The van der Waals surface area contributed by atoms with Crippen LogP contribution in [0.4, 0.5) is 5.69 Å². The Hall–Kier alpha value is -2.14. The molecule has 3 heterocycles. The van der Waals surface area contributed by atoms with E-state index in [0.29, 0.717) is 0 Å². The second-order valence-electron chi connectivity index (χ2n) is 5.68. The Kier molecular flexibility index (Phi) is 3.00. The van der Waals surface area contributed by atoms with Gasteiger partial charge in [-0.15, -0.1) is 0 Å². The summed E-state index contributed by atoms with van der Waals surface area (Å²) in [6, 6.07) is 9.96. The van der Waals surface area contributed by atoms with Gasteiger partial charge in [0.2, 0.25) is 5.91 Å². The van der Waals surface area contributed by atoms with Crippen molar-refractivity contribution < 1.29 is 4.79 Å². The predicted octanol–water partition coefficient (Wildman–Crippen LogP) is 1.50. The number of benzene rings is 1. The molecule has 2 aliphatic heterocycles. The lowest BCUT2D eigenvalue weighted by molar-refractivity contribution is -0.122. The molecule has 2 aliphatic rings. The number of nitrogens with zero attached hydrogens (tertiary/aromatic N) is 4. The van der Waals surface area contributed by atoms with Crippen LogP contribution in [-0.4, -0.2) is 39.5 Å². The van der Waals surface area contributed by atoms with Gasteiger partial charge in [-0.05, 0) is 18.6 Å². The first-order valence-electron chi connectivity index (χ1n) is 7.42. The monoisotopic (exact) mass is 282 g/mol. The third kappa shape index (κ3) is 2.14. The van der Waals surface area contributed by atoms with Crippen LogP contribution >= 0.6 is 0 Å². The number of fused-ring (bicyclic) bond motifs is 1. The van der Waals surface area contributed by atoms with Gasteiger partial charge >= 0.3 is 0 Å². The minimum atomic E-state index is 0.00820. The Morgan fingerprint density at radius 3 is 2.81 bits per heavy atom. The number of anilines is 1. The first-order valence-corrected chi connectivity index (χ1v) is 7.42. The molecule has 1 fully saturated rings. The SMILES string of the molecule is O=C1C(N2CCn3cncc3C2)CCN1c1ccccc1. The second-order valence-corrected chi connectivity index (χ2v) is 5.68. The maximum Gasteiger partial charge on any atom is 0.244 e. The van der Waals surface area contributed by atoms with E-state index in [1.807, 2.05) is 47.8 Å². The molecule has 0 radical (unpaired) electrons. The fraction of sp³-hybridized carbons (Fsp3) is 0.375. The summed E-state index contributed by atoms with van der Waals surface area (Å²) in [5, 5.41) is 0. The zero-order valence-corrected chi connectivity index (χ0v) is 11.9. The molecule has 1 unspecified atom stereocenters. The molecule has 1 amide bonds. The molecule has 5 heteroatoms. The summed E-state index contributed by atoms with van der Waals surface area (Å²) in [7, 11) is 0. The maximum absolute atomic E-state index is 12.7. The normalized spacial score (nSPS) is 22.6. The lowest BCUT2D eigenvalue weighted by Gasteiger charge is -2.32. The Bertz CT molecular complexity index is 651. The second kappa shape index (κ2) is 5.00. The molecule has 0 spiro atoms. The molecule has 1 atom stereocenters. The van der Waals surface area contributed by atoms with Crippen molar-refractivity contribution >= 4 is 11.6 Å². The number of imidazole rings is 1. The molecule has 2 aromatic rings. The van der Waals surface area contributed by atoms with E-state index >= 15 is 0 Å². The van der Waals surface area contributed by atoms with Crippen molar-refractivity contribution in [1.82, 2.24) is 14.5 Å². The highest BCUT2D eigenvalue weighted by Gasteiger charge is 2.37. The molecule has 0 aliphatic carbocycles. The van der Waals surface area contributed by atoms with Crippen LogP contribution < -0.4 is 4.90 Å². The molecule has 5 nitrogen and oxygen atoms in total. The van der Waals surface area contributed by atoms with E-state index in [0.717, 1.165) is 38.3 Å². The Morgan fingerprint density at radius 1 is 1.10 bits per heavy atom. The van der Waals surface area contributed by atoms with Crippen molar-refractivity contribution in [2.75, 3.05) is 18.0 Å². The van der Waals surface area contributed by atoms with Crippen LogP contribution in [-0.2, 0) is 17.9 Å². The molecule has 4 rings (SSSR count). The van der Waals surface area contributed by atoms with Crippen LogP contribution in [0, 0.1) is 0 Å². The van der Waals surface area contributed by atoms with Crippen molar-refractivity contribution in [3.05, 3.63) is 48.5 Å². The number of rotatable bonds is 2. The maximum atomic E-state index is 12.7. The van der Waals surface area contributed by atoms with E-state index < -0.39 is 0 Å². The summed E-state index contributed by atoms with van der Waals surface area (Å²) in [4.78, 5) is 21.1. The summed E-state index contributed by atoms with van der Waals surface area (Å²) in [6.07, 6.45) is 4.68. The molecule has 1 saturated heterocycles. The average Bonchev–Trinajstić information content (AvgIpc) is 3.13. The van der Waals surface area contributed by atoms with Gasteiger partial charge < -0.3 is 9.47 Å². The third-order valence-electron chi connectivity index (χ3n) is 4.48. The van der Waals surface area contributed by atoms with Crippen LogP contribution in [0.2, 0.25) is 0 Å². The van der Waals surface area contributed by atoms with Gasteiger partial charge in [-0.25, -0.2) is 4.98 Å². The quantitative estimate of drug-likeness (QED) is 0.838. The molecule has 1 aromatic heterocycles. The van der Waals surface area contributed by atoms with Crippen molar-refractivity contribution in [2.45, 2.75) is 25.6 Å². The molecule has 0 saturated carbocycles. The van der Waals surface area contributed by atoms with E-state index in [4.69, 9.17) is 0 Å². The number of para-hydroxylation sites is 1. The fourth-order valence-electron chi connectivity index (χ4n) is 3.34. The first kappa shape index (κ1) is 12.6. The van der Waals surface area contributed by atoms with Crippen molar-refractivity contribution in [3.63, 3.8) is 0 Å². The molecule has 0 bridgehead atoms. The fourth-order valence-corrected chi connectivity index (χ4v) is 3.34. The number of carbonyl (C=O) groups is 1. The van der Waals surface area contributed by atoms with Gasteiger partial charge in [0, 0.05) is 38.1 Å². The van der Waals surface area contributed by atoms with Gasteiger partial charge in [0.1, 0.15) is 0 Å². The summed E-state index contributed by atoms with van der Waals surface area (Å²) in [5.41, 5.74) is 2.21. The summed E-state index contributed by atoms with van der Waals surface area (Å²) in [5.74, 6) is 0.231. The Labute approximate surface area is 123 Å². The smallest absolute Gasteiger partial charge is 0.244 e. The van der Waals surface area contributed by atoms with Gasteiger partial charge in [-0.3, -0.25) is 9.69 Å². The van der Waals surface area contributed by atoms with E-state index in [9.17, 15) is 4.79 Å². The van der Waals surface area contributed by atoms with E-state index in [1.54, 1.807) is 0 Å². The van der Waals surface area contributed by atoms with E-state index in [-0.39, 0.29) is 11.9 Å². The van der Waals surface area contributed by atoms with Gasteiger partial charge in [-0.2, -0.15) is 0 Å². The average molecular weight is 282 g/mol. The molecule has 21 heavy (non-hydrogen) atoms. The highest BCUT2D eigenvalue weighted by Crippen LogP contribution is 2.26. The van der Waals surface area contributed by atoms with E-state index in [2.05, 4.69) is 14.5 Å². The van der Waals surface area contributed by atoms with Gasteiger partial charge in [-0.1, -0.05) is 18.2 Å². The topological polar surface area (TPSA) is 41.4 Å². The lowest BCUT2D eigenvalue weighted by Crippen LogP contribution is -2.45. The highest BCUT2D eigenvalue weighted by atomic mass is 16.2. The van der Waals surface area contributed by atoms with Crippen molar-refractivity contribution in [2.24, 2.45) is 0 Å². The number of hydrogen-bond donors (Lipinski definition) is 0. The number of aromatic nitrogens is 2. The largest absolute Gasteiger partial charge is 0.332 e. The Balaban J connectivity index is 1.52. The highest BCUT2D eigenvalue weighted by molar-refractivity contribution is 5.99. The number of carbonyl (C=O) groups excluding carboxylic acids is 1. The standard InChI is InChI=1S/C16H18N4O/c21-16-15(6-7-20(16)13-4-2-1-3-5-13)18-8-9-19-12-17-10-14(19)11-18/h1-5,10,12,15H,6-9,11H2. The number of hydrogen-bond acceptors (Lipinski definition) is 3. The molecule has 0 N–H and O–H groups in total. The minimum absolute atomic E-state index is 0.00820. The van der Waals surface area contributed by atoms with Crippen molar-refractivity contribution in [1.29, 1.82) is 0 Å². The predicted molar refractivity (Wildman–Crippen MR) is 79.8 cm³/mol. The van der Waals surface area contributed by atoms with Gasteiger partial charge in [0.15, 0.2) is 0 Å². The summed E-state index contributed by atoms with van der Waals surface area (Å²) >= 11 is 0. The summed E-state index contributed by atoms with van der Waals surface area (Å²) in [6.45, 7) is 3.47. The van der Waals surface area contributed by atoms with Crippen LogP contribution in [0.25, 0.3) is 0 Å². The van der Waals surface area contributed by atoms with Gasteiger partial charge in [0.05, 0.1) is 18.1 Å². The van der Waals surface area contributed by atoms with Crippen molar-refractivity contribution in [3.8, 4) is 0 Å². The van der Waals surface area contributed by atoms with Crippen LogP contribution in [0.1, 0.15) is 12.1 Å². The number of amides is 1. The first-order chi connectivity index (χ1) is 10.3. The zero-order chi connectivity index (χ0) is 14.2. The molecular formula is C16H18N4O. The van der Waals surface area contributed by atoms with Crippen LogP contribution in [0.3, 0.4) is 0 Å². The summed E-state index contributed by atoms with van der Waals surface area (Å²) < 4.78 is 2.17. The molecule has 108 valence electrons. The zero-order valence-electron chi connectivity index (χ0n) is 11.9.